The fraction of sp³-hybridized carbons (Fsp3) is 0.250. The van der Waals surface area contributed by atoms with Crippen LogP contribution in [0.1, 0.15) is 24.2 Å². The van der Waals surface area contributed by atoms with Crippen LogP contribution in [0.3, 0.4) is 0 Å². The first-order valence-corrected chi connectivity index (χ1v) is 7.20. The third-order valence-electron chi connectivity index (χ3n) is 2.98. The van der Waals surface area contributed by atoms with Crippen LogP contribution in [-0.4, -0.2) is 6.04 Å². The van der Waals surface area contributed by atoms with E-state index in [-0.39, 0.29) is 18.0 Å². The van der Waals surface area contributed by atoms with Crippen molar-refractivity contribution in [3.63, 3.8) is 0 Å². The molecule has 0 radical (unpaired) electrons. The summed E-state index contributed by atoms with van der Waals surface area (Å²) < 4.78 is 19.9. The van der Waals surface area contributed by atoms with E-state index in [9.17, 15) is 4.39 Å². The van der Waals surface area contributed by atoms with E-state index in [4.69, 9.17) is 10.5 Å². The number of ether oxygens (including phenoxy) is 1. The second kappa shape index (κ2) is 6.37. The van der Waals surface area contributed by atoms with Gasteiger partial charge in [-0.25, -0.2) is 4.39 Å². The van der Waals surface area contributed by atoms with E-state index >= 15 is 0 Å². The Balaban J connectivity index is 2.27. The average molecular weight is 338 g/mol. The van der Waals surface area contributed by atoms with Crippen molar-refractivity contribution in [3.05, 3.63) is 63.9 Å². The number of rotatable bonds is 4. The summed E-state index contributed by atoms with van der Waals surface area (Å²) in [5.41, 5.74) is 8.15. The zero-order chi connectivity index (χ0) is 14.7. The minimum atomic E-state index is -0.346. The molecule has 4 heteroatoms. The van der Waals surface area contributed by atoms with Crippen LogP contribution in [0.4, 0.5) is 4.39 Å². The van der Waals surface area contributed by atoms with Gasteiger partial charge in [0, 0.05) is 16.6 Å². The summed E-state index contributed by atoms with van der Waals surface area (Å²) >= 11 is 3.25. The lowest BCUT2D eigenvalue weighted by atomic mass is 10.0. The molecule has 2 aromatic rings. The zero-order valence-electron chi connectivity index (χ0n) is 11.4. The maximum Gasteiger partial charge on any atom is 0.138 e. The largest absolute Gasteiger partial charge is 0.484 e. The predicted molar refractivity (Wildman–Crippen MR) is 82.3 cm³/mol. The molecule has 20 heavy (non-hydrogen) atoms. The molecule has 2 rings (SSSR count). The van der Waals surface area contributed by atoms with E-state index in [2.05, 4.69) is 15.9 Å². The van der Waals surface area contributed by atoms with Crippen molar-refractivity contribution in [2.45, 2.75) is 26.0 Å². The Morgan fingerprint density at radius 3 is 2.35 bits per heavy atom. The molecule has 2 atom stereocenters. The summed E-state index contributed by atoms with van der Waals surface area (Å²) in [5, 5.41) is 0. The van der Waals surface area contributed by atoms with Gasteiger partial charge in [0.25, 0.3) is 0 Å². The van der Waals surface area contributed by atoms with Crippen molar-refractivity contribution in [1.29, 1.82) is 0 Å². The third kappa shape index (κ3) is 3.81. The molecule has 0 aliphatic rings. The Morgan fingerprint density at radius 2 is 1.80 bits per heavy atom. The lowest BCUT2D eigenvalue weighted by Gasteiger charge is -2.23. The predicted octanol–water partition coefficient (Wildman–Crippen LogP) is 4.36. The molecule has 0 fully saturated rings. The van der Waals surface area contributed by atoms with Gasteiger partial charge in [-0.2, -0.15) is 0 Å². The number of hydrogen-bond donors (Lipinski definition) is 1. The number of halogens is 2. The SMILES string of the molecule is Cc1ccc(C(Oc2cc(F)cc(Br)c2)C(C)N)cc1. The summed E-state index contributed by atoms with van der Waals surface area (Å²) in [7, 11) is 0. The van der Waals surface area contributed by atoms with E-state index in [1.807, 2.05) is 38.1 Å². The topological polar surface area (TPSA) is 35.2 Å². The van der Waals surface area contributed by atoms with Crippen LogP contribution in [0.25, 0.3) is 0 Å². The van der Waals surface area contributed by atoms with Crippen molar-refractivity contribution < 1.29 is 9.13 Å². The van der Waals surface area contributed by atoms with Gasteiger partial charge < -0.3 is 10.5 Å². The molecule has 0 bridgehead atoms. The van der Waals surface area contributed by atoms with Gasteiger partial charge in [-0.3, -0.25) is 0 Å². The molecule has 0 saturated carbocycles. The van der Waals surface area contributed by atoms with Crippen LogP contribution in [-0.2, 0) is 0 Å². The Hall–Kier alpha value is -1.39. The molecule has 2 nitrogen and oxygen atoms in total. The number of hydrogen-bond acceptors (Lipinski definition) is 2. The minimum absolute atomic E-state index is 0.209. The monoisotopic (exact) mass is 337 g/mol. The highest BCUT2D eigenvalue weighted by Crippen LogP contribution is 2.27. The van der Waals surface area contributed by atoms with Gasteiger partial charge in [-0.05, 0) is 31.5 Å². The summed E-state index contributed by atoms with van der Waals surface area (Å²) in [6, 6.07) is 12.3. The standard InChI is InChI=1S/C16H17BrFNO/c1-10-3-5-12(6-4-10)16(11(2)19)20-15-8-13(17)7-14(18)9-15/h3-9,11,16H,19H2,1-2H3. The molecular formula is C16H17BrFNO. The highest BCUT2D eigenvalue weighted by atomic mass is 79.9. The highest BCUT2D eigenvalue weighted by molar-refractivity contribution is 9.10. The molecule has 0 aliphatic carbocycles. The summed E-state index contributed by atoms with van der Waals surface area (Å²) in [6.07, 6.45) is -0.315. The van der Waals surface area contributed by atoms with E-state index in [1.54, 1.807) is 6.07 Å². The van der Waals surface area contributed by atoms with Crippen molar-refractivity contribution in [3.8, 4) is 5.75 Å². The van der Waals surface area contributed by atoms with Gasteiger partial charge in [0.15, 0.2) is 0 Å². The van der Waals surface area contributed by atoms with Crippen LogP contribution in [0.5, 0.6) is 5.75 Å². The number of aryl methyl sites for hydroxylation is 1. The van der Waals surface area contributed by atoms with Crippen molar-refractivity contribution in [2.75, 3.05) is 0 Å². The van der Waals surface area contributed by atoms with Crippen molar-refractivity contribution >= 4 is 15.9 Å². The quantitative estimate of drug-likeness (QED) is 0.899. The first kappa shape index (κ1) is 15.0. The number of nitrogens with two attached hydrogens (primary N) is 1. The molecule has 2 aromatic carbocycles. The Labute approximate surface area is 126 Å². The Bertz CT molecular complexity index is 563. The van der Waals surface area contributed by atoms with Crippen LogP contribution < -0.4 is 10.5 Å². The normalized spacial score (nSPS) is 13.8. The van der Waals surface area contributed by atoms with E-state index < -0.39 is 0 Å². The molecule has 0 spiro atoms. The van der Waals surface area contributed by atoms with E-state index in [0.29, 0.717) is 10.2 Å². The fourth-order valence-electron chi connectivity index (χ4n) is 1.98. The lowest BCUT2D eigenvalue weighted by molar-refractivity contribution is 0.179. The van der Waals surface area contributed by atoms with Crippen molar-refractivity contribution in [1.82, 2.24) is 0 Å². The second-order valence-electron chi connectivity index (χ2n) is 4.91. The fourth-order valence-corrected chi connectivity index (χ4v) is 2.42. The first-order chi connectivity index (χ1) is 9.45. The first-order valence-electron chi connectivity index (χ1n) is 6.40. The average Bonchev–Trinajstić information content (AvgIpc) is 2.36. The van der Waals surface area contributed by atoms with Gasteiger partial charge in [0.1, 0.15) is 17.7 Å². The Kier molecular flexibility index (Phi) is 4.78. The van der Waals surface area contributed by atoms with Gasteiger partial charge in [0.2, 0.25) is 0 Å². The van der Waals surface area contributed by atoms with Gasteiger partial charge in [-0.15, -0.1) is 0 Å². The molecule has 2 N–H and O–H groups in total. The molecule has 0 aliphatic heterocycles. The smallest absolute Gasteiger partial charge is 0.138 e. The molecule has 0 saturated heterocycles. The summed E-state index contributed by atoms with van der Waals surface area (Å²) in [6.45, 7) is 3.90. The third-order valence-corrected chi connectivity index (χ3v) is 3.44. The van der Waals surface area contributed by atoms with Crippen LogP contribution in [0.15, 0.2) is 46.9 Å². The molecular weight excluding hydrogens is 321 g/mol. The molecule has 0 amide bonds. The summed E-state index contributed by atoms with van der Waals surface area (Å²) in [5.74, 6) is 0.112. The molecule has 0 heterocycles. The minimum Gasteiger partial charge on any atom is -0.484 e. The lowest BCUT2D eigenvalue weighted by Crippen LogP contribution is -2.29. The van der Waals surface area contributed by atoms with E-state index in [1.165, 1.54) is 17.7 Å². The van der Waals surface area contributed by atoms with Crippen LogP contribution in [0, 0.1) is 12.7 Å². The van der Waals surface area contributed by atoms with Crippen molar-refractivity contribution in [2.24, 2.45) is 5.73 Å². The van der Waals surface area contributed by atoms with Crippen LogP contribution in [0.2, 0.25) is 0 Å². The maximum absolute atomic E-state index is 13.4. The maximum atomic E-state index is 13.4. The van der Waals surface area contributed by atoms with E-state index in [0.717, 1.165) is 5.56 Å². The van der Waals surface area contributed by atoms with Gasteiger partial charge in [-0.1, -0.05) is 45.8 Å². The van der Waals surface area contributed by atoms with Gasteiger partial charge >= 0.3 is 0 Å². The Morgan fingerprint density at radius 1 is 1.15 bits per heavy atom. The van der Waals surface area contributed by atoms with Gasteiger partial charge in [0.05, 0.1) is 0 Å². The highest BCUT2D eigenvalue weighted by Gasteiger charge is 2.18. The zero-order valence-corrected chi connectivity index (χ0v) is 13.0. The molecule has 106 valence electrons. The second-order valence-corrected chi connectivity index (χ2v) is 5.83. The summed E-state index contributed by atoms with van der Waals surface area (Å²) in [4.78, 5) is 0. The number of benzene rings is 2. The van der Waals surface area contributed by atoms with Crippen LogP contribution >= 0.6 is 15.9 Å². The molecule has 0 aromatic heterocycles. The molecule has 2 unspecified atom stereocenters.